The van der Waals surface area contributed by atoms with E-state index in [0.717, 1.165) is 6.20 Å². The van der Waals surface area contributed by atoms with Crippen LogP contribution in [0.25, 0.3) is 0 Å². The van der Waals surface area contributed by atoms with Crippen molar-refractivity contribution < 1.29 is 19.6 Å². The van der Waals surface area contributed by atoms with Gasteiger partial charge in [0.2, 0.25) is 0 Å². The van der Waals surface area contributed by atoms with Crippen LogP contribution in [0.5, 0.6) is 0 Å². The van der Waals surface area contributed by atoms with Gasteiger partial charge in [0.05, 0.1) is 16.9 Å². The number of aromatic nitrogens is 1. The third kappa shape index (κ3) is 4.77. The first kappa shape index (κ1) is 17.4. The first-order valence-electron chi connectivity index (χ1n) is 7.31. The molecule has 0 aliphatic heterocycles. The van der Waals surface area contributed by atoms with Crippen LogP contribution in [0.3, 0.4) is 0 Å². The molecule has 9 heteroatoms. The van der Waals surface area contributed by atoms with Crippen molar-refractivity contribution in [2.24, 2.45) is 5.92 Å². The zero-order valence-electron chi connectivity index (χ0n) is 12.6. The molecule has 1 aromatic rings. The van der Waals surface area contributed by atoms with E-state index < -0.39 is 17.1 Å². The average molecular weight is 344 g/mol. The van der Waals surface area contributed by atoms with Gasteiger partial charge < -0.3 is 15.2 Å². The smallest absolute Gasteiger partial charge is 0.310 e. The molecular formula is C14H18ClN3O5. The fourth-order valence-corrected chi connectivity index (χ4v) is 2.83. The van der Waals surface area contributed by atoms with Gasteiger partial charge in [0.15, 0.2) is 0 Å². The lowest BCUT2D eigenvalue weighted by molar-refractivity contribution is -0.384. The number of pyridine rings is 1. The highest BCUT2D eigenvalue weighted by Crippen LogP contribution is 2.29. The minimum absolute atomic E-state index is 0.0653. The van der Waals surface area contributed by atoms with Gasteiger partial charge in [0.25, 0.3) is 0 Å². The molecule has 1 unspecified atom stereocenters. The summed E-state index contributed by atoms with van der Waals surface area (Å²) in [5.74, 6) is -1.07. The summed E-state index contributed by atoms with van der Waals surface area (Å²) < 4.78 is 5.81. The summed E-state index contributed by atoms with van der Waals surface area (Å²) >= 11 is 5.77. The number of ether oxygens (including phenoxy) is 1. The number of carboxylic acids is 1. The predicted octanol–water partition coefficient (Wildman–Crippen LogP) is 3.06. The Hall–Kier alpha value is -1.93. The maximum Gasteiger partial charge on any atom is 0.310 e. The molecule has 126 valence electrons. The van der Waals surface area contributed by atoms with Crippen LogP contribution in [0.2, 0.25) is 5.15 Å². The van der Waals surface area contributed by atoms with Gasteiger partial charge in [-0.3, -0.25) is 14.9 Å². The standard InChI is InChI=1S/C14H18ClN3O5/c1-8(23-10-4-2-9(3-5-10)14(19)20)17-11-6-13(15)16-7-12(11)18(21)22/h6-10H,2-5H2,1H3,(H,16,17)(H,19,20). The molecule has 2 N–H and O–H groups in total. The molecular weight excluding hydrogens is 326 g/mol. The minimum Gasteiger partial charge on any atom is -0.481 e. The maximum atomic E-state index is 11.0. The van der Waals surface area contributed by atoms with Gasteiger partial charge in [0.1, 0.15) is 23.3 Å². The SMILES string of the molecule is CC(Nc1cc(Cl)ncc1[N+](=O)[O-])OC1CCC(C(=O)O)CC1. The van der Waals surface area contributed by atoms with Gasteiger partial charge in [-0.25, -0.2) is 4.98 Å². The second kappa shape index (κ2) is 7.56. The number of rotatable bonds is 6. The topological polar surface area (TPSA) is 115 Å². The molecule has 2 rings (SSSR count). The lowest BCUT2D eigenvalue weighted by Gasteiger charge is -2.29. The van der Waals surface area contributed by atoms with Crippen LogP contribution in [0.15, 0.2) is 12.3 Å². The Kier molecular flexibility index (Phi) is 5.73. The second-order valence-electron chi connectivity index (χ2n) is 5.52. The third-order valence-electron chi connectivity index (χ3n) is 3.83. The van der Waals surface area contributed by atoms with Crippen molar-refractivity contribution in [1.82, 2.24) is 4.98 Å². The van der Waals surface area contributed by atoms with Gasteiger partial charge >= 0.3 is 11.7 Å². The molecule has 1 fully saturated rings. The molecule has 1 aliphatic rings. The van der Waals surface area contributed by atoms with Crippen molar-refractivity contribution in [3.8, 4) is 0 Å². The molecule has 1 aromatic heterocycles. The molecule has 0 spiro atoms. The minimum atomic E-state index is -0.767. The number of nitro groups is 1. The molecule has 1 aliphatic carbocycles. The number of anilines is 1. The Labute approximate surface area is 138 Å². The van der Waals surface area contributed by atoms with Crippen LogP contribution >= 0.6 is 11.6 Å². The largest absolute Gasteiger partial charge is 0.481 e. The number of nitrogens with zero attached hydrogens (tertiary/aromatic N) is 2. The molecule has 0 aromatic carbocycles. The first-order valence-corrected chi connectivity index (χ1v) is 7.69. The molecule has 0 saturated heterocycles. The van der Waals surface area contributed by atoms with Crippen molar-refractivity contribution in [3.05, 3.63) is 27.5 Å². The van der Waals surface area contributed by atoms with Gasteiger partial charge in [-0.1, -0.05) is 11.6 Å². The Bertz CT molecular complexity index is 590. The average Bonchev–Trinajstić information content (AvgIpc) is 2.47. The van der Waals surface area contributed by atoms with E-state index in [1.807, 2.05) is 0 Å². The summed E-state index contributed by atoms with van der Waals surface area (Å²) in [4.78, 5) is 25.1. The van der Waals surface area contributed by atoms with Crippen LogP contribution in [0.4, 0.5) is 11.4 Å². The van der Waals surface area contributed by atoms with Crippen molar-refractivity contribution >= 4 is 28.9 Å². The Morgan fingerprint density at radius 3 is 2.74 bits per heavy atom. The van der Waals surface area contributed by atoms with Crippen molar-refractivity contribution in [1.29, 1.82) is 0 Å². The highest BCUT2D eigenvalue weighted by atomic mass is 35.5. The van der Waals surface area contributed by atoms with Crippen molar-refractivity contribution in [3.63, 3.8) is 0 Å². The summed E-state index contributed by atoms with van der Waals surface area (Å²) in [5, 5.41) is 23.0. The lowest BCUT2D eigenvalue weighted by Crippen LogP contribution is -2.31. The van der Waals surface area contributed by atoms with Crippen molar-refractivity contribution in [2.75, 3.05) is 5.32 Å². The predicted molar refractivity (Wildman–Crippen MR) is 83.5 cm³/mol. The Morgan fingerprint density at radius 2 is 2.17 bits per heavy atom. The van der Waals surface area contributed by atoms with Crippen molar-refractivity contribution in [2.45, 2.75) is 44.9 Å². The van der Waals surface area contributed by atoms with E-state index in [9.17, 15) is 14.9 Å². The van der Waals surface area contributed by atoms with Gasteiger partial charge in [-0.2, -0.15) is 0 Å². The highest BCUT2D eigenvalue weighted by molar-refractivity contribution is 6.29. The highest BCUT2D eigenvalue weighted by Gasteiger charge is 2.27. The van der Waals surface area contributed by atoms with Crippen LogP contribution in [0, 0.1) is 16.0 Å². The normalized spacial score (nSPS) is 22.3. The van der Waals surface area contributed by atoms with E-state index in [-0.39, 0.29) is 28.5 Å². The summed E-state index contributed by atoms with van der Waals surface area (Å²) in [6.07, 6.45) is 3.02. The molecule has 0 amide bonds. The fraction of sp³-hybridized carbons (Fsp3) is 0.571. The van der Waals surface area contributed by atoms with Crippen LogP contribution in [-0.2, 0) is 9.53 Å². The molecule has 8 nitrogen and oxygen atoms in total. The Balaban J connectivity index is 1.93. The number of nitrogens with one attached hydrogen (secondary N) is 1. The van der Waals surface area contributed by atoms with E-state index in [2.05, 4.69) is 10.3 Å². The summed E-state index contributed by atoms with van der Waals surface area (Å²) in [6, 6.07) is 1.38. The monoisotopic (exact) mass is 343 g/mol. The van der Waals surface area contributed by atoms with Crippen LogP contribution in [0.1, 0.15) is 32.6 Å². The summed E-state index contributed by atoms with van der Waals surface area (Å²) in [5.41, 5.74) is 0.0566. The summed E-state index contributed by atoms with van der Waals surface area (Å²) in [6.45, 7) is 1.74. The van der Waals surface area contributed by atoms with E-state index in [4.69, 9.17) is 21.4 Å². The van der Waals surface area contributed by atoms with E-state index >= 15 is 0 Å². The number of halogens is 1. The van der Waals surface area contributed by atoms with E-state index in [1.54, 1.807) is 6.92 Å². The fourth-order valence-electron chi connectivity index (χ4n) is 2.67. The molecule has 1 atom stereocenters. The van der Waals surface area contributed by atoms with Crippen LogP contribution in [-0.4, -0.2) is 33.3 Å². The van der Waals surface area contributed by atoms with Crippen LogP contribution < -0.4 is 5.32 Å². The molecule has 0 bridgehead atoms. The zero-order chi connectivity index (χ0) is 17.0. The third-order valence-corrected chi connectivity index (χ3v) is 4.03. The number of hydrogen-bond donors (Lipinski definition) is 2. The quantitative estimate of drug-likeness (QED) is 0.353. The number of carboxylic acid groups (broad SMARTS) is 1. The second-order valence-corrected chi connectivity index (χ2v) is 5.90. The molecule has 1 saturated carbocycles. The Morgan fingerprint density at radius 1 is 1.52 bits per heavy atom. The lowest BCUT2D eigenvalue weighted by atomic mass is 9.87. The van der Waals surface area contributed by atoms with Gasteiger partial charge in [-0.15, -0.1) is 0 Å². The number of aliphatic carboxylic acids is 1. The van der Waals surface area contributed by atoms with E-state index in [1.165, 1.54) is 6.07 Å². The summed E-state index contributed by atoms with van der Waals surface area (Å²) in [7, 11) is 0. The molecule has 23 heavy (non-hydrogen) atoms. The first-order chi connectivity index (χ1) is 10.9. The number of hydrogen-bond acceptors (Lipinski definition) is 6. The zero-order valence-corrected chi connectivity index (χ0v) is 13.3. The molecule has 1 heterocycles. The van der Waals surface area contributed by atoms with E-state index in [0.29, 0.717) is 25.7 Å². The maximum absolute atomic E-state index is 11.0. The molecule has 0 radical (unpaired) electrons. The van der Waals surface area contributed by atoms with Gasteiger partial charge in [-0.05, 0) is 32.6 Å². The number of carbonyl (C=O) groups is 1. The van der Waals surface area contributed by atoms with Gasteiger partial charge in [0, 0.05) is 6.07 Å².